The first-order valence-electron chi connectivity index (χ1n) is 12.7. The van der Waals surface area contributed by atoms with Gasteiger partial charge in [0.05, 0.1) is 23.4 Å². The number of carbonyl (C=O) groups is 1. The van der Waals surface area contributed by atoms with Gasteiger partial charge in [-0.1, -0.05) is 65.0 Å². The van der Waals surface area contributed by atoms with Crippen LogP contribution in [0.5, 0.6) is 0 Å². The first-order valence-corrected chi connectivity index (χ1v) is 14.1. The SMILES string of the molecule is Cc1cccc(-n2nc(C(C)(C)C)cc2NC(=O)CN(CC(C)C)S(=O)(=O)c2cccc3cccnc23)c1. The van der Waals surface area contributed by atoms with Crippen molar-refractivity contribution >= 4 is 32.7 Å². The van der Waals surface area contributed by atoms with Gasteiger partial charge >= 0.3 is 0 Å². The highest BCUT2D eigenvalue weighted by molar-refractivity contribution is 7.89. The summed E-state index contributed by atoms with van der Waals surface area (Å²) < 4.78 is 30.6. The molecule has 2 aromatic heterocycles. The summed E-state index contributed by atoms with van der Waals surface area (Å²) >= 11 is 0. The van der Waals surface area contributed by atoms with Crippen molar-refractivity contribution in [2.24, 2.45) is 5.92 Å². The molecular formula is C29H35N5O3S. The lowest BCUT2D eigenvalue weighted by Crippen LogP contribution is -2.40. The van der Waals surface area contributed by atoms with Gasteiger partial charge in [-0.3, -0.25) is 9.78 Å². The molecule has 0 aliphatic heterocycles. The maximum Gasteiger partial charge on any atom is 0.245 e. The lowest BCUT2D eigenvalue weighted by Gasteiger charge is -2.24. The third-order valence-electron chi connectivity index (χ3n) is 6.09. The zero-order valence-electron chi connectivity index (χ0n) is 22.8. The van der Waals surface area contributed by atoms with Gasteiger partial charge in [-0.15, -0.1) is 0 Å². The zero-order valence-corrected chi connectivity index (χ0v) is 23.6. The number of aromatic nitrogens is 3. The van der Waals surface area contributed by atoms with Crippen molar-refractivity contribution in [2.45, 2.75) is 51.9 Å². The molecule has 1 N–H and O–H groups in total. The first-order chi connectivity index (χ1) is 17.9. The third kappa shape index (κ3) is 5.95. The van der Waals surface area contributed by atoms with Crippen molar-refractivity contribution in [2.75, 3.05) is 18.4 Å². The summed E-state index contributed by atoms with van der Waals surface area (Å²) in [7, 11) is -4.01. The van der Waals surface area contributed by atoms with E-state index in [0.29, 0.717) is 11.3 Å². The van der Waals surface area contributed by atoms with Crippen LogP contribution in [0.3, 0.4) is 0 Å². The van der Waals surface area contributed by atoms with E-state index in [4.69, 9.17) is 5.10 Å². The highest BCUT2D eigenvalue weighted by Crippen LogP contribution is 2.28. The standard InChI is InChI=1S/C29H35N5O3S/c1-20(2)18-33(38(36,37)24-14-8-11-22-12-9-15-30-28(22)24)19-27(35)31-26-17-25(29(4,5)6)32-34(26)23-13-7-10-21(3)16-23/h7-17,20H,18-19H2,1-6H3,(H,31,35). The quantitative estimate of drug-likeness (QED) is 0.331. The lowest BCUT2D eigenvalue weighted by molar-refractivity contribution is -0.116. The van der Waals surface area contributed by atoms with E-state index in [0.717, 1.165) is 22.3 Å². The first kappa shape index (κ1) is 27.5. The molecule has 4 rings (SSSR count). The number of nitrogens with zero attached hydrogens (tertiary/aromatic N) is 4. The van der Waals surface area contributed by atoms with Crippen molar-refractivity contribution < 1.29 is 13.2 Å². The Morgan fingerprint density at radius 2 is 1.76 bits per heavy atom. The molecule has 0 bridgehead atoms. The molecule has 38 heavy (non-hydrogen) atoms. The number of rotatable bonds is 8. The van der Waals surface area contributed by atoms with E-state index in [9.17, 15) is 13.2 Å². The lowest BCUT2D eigenvalue weighted by atomic mass is 9.92. The fourth-order valence-electron chi connectivity index (χ4n) is 4.21. The minimum atomic E-state index is -4.01. The Morgan fingerprint density at radius 1 is 1.05 bits per heavy atom. The van der Waals surface area contributed by atoms with E-state index < -0.39 is 15.9 Å². The third-order valence-corrected chi connectivity index (χ3v) is 7.94. The fraction of sp³-hybridized carbons (Fsp3) is 0.345. The Balaban J connectivity index is 1.68. The van der Waals surface area contributed by atoms with Crippen LogP contribution in [0.4, 0.5) is 5.82 Å². The number of para-hydroxylation sites is 1. The Morgan fingerprint density at radius 3 is 2.45 bits per heavy atom. The number of nitrogens with one attached hydrogen (secondary N) is 1. The number of hydrogen-bond acceptors (Lipinski definition) is 5. The summed E-state index contributed by atoms with van der Waals surface area (Å²) in [5, 5.41) is 8.41. The highest BCUT2D eigenvalue weighted by Gasteiger charge is 2.30. The van der Waals surface area contributed by atoms with Gasteiger partial charge in [0.15, 0.2) is 0 Å². The Hall–Kier alpha value is -3.56. The highest BCUT2D eigenvalue weighted by atomic mass is 32.2. The van der Waals surface area contributed by atoms with Crippen molar-refractivity contribution in [1.29, 1.82) is 0 Å². The summed E-state index contributed by atoms with van der Waals surface area (Å²) in [5.41, 5.74) is 2.82. The minimum absolute atomic E-state index is 0.00539. The fourth-order valence-corrected chi connectivity index (χ4v) is 5.94. The van der Waals surface area contributed by atoms with Crippen LogP contribution in [0.2, 0.25) is 0 Å². The number of sulfonamides is 1. The number of fused-ring (bicyclic) bond motifs is 1. The van der Waals surface area contributed by atoms with Crippen molar-refractivity contribution in [3.63, 3.8) is 0 Å². The summed E-state index contributed by atoms with van der Waals surface area (Å²) in [6, 6.07) is 18.3. The Kier molecular flexibility index (Phi) is 7.71. The molecule has 0 saturated carbocycles. The van der Waals surface area contributed by atoms with E-state index in [1.165, 1.54) is 10.4 Å². The molecule has 0 fully saturated rings. The molecule has 0 saturated heterocycles. The van der Waals surface area contributed by atoms with Crippen LogP contribution in [0.15, 0.2) is 71.8 Å². The predicted molar refractivity (Wildman–Crippen MR) is 151 cm³/mol. The van der Waals surface area contributed by atoms with Crippen LogP contribution in [0.1, 0.15) is 45.9 Å². The van der Waals surface area contributed by atoms with Crippen LogP contribution in [-0.4, -0.2) is 46.5 Å². The molecule has 0 unspecified atom stereocenters. The molecule has 1 amide bonds. The smallest absolute Gasteiger partial charge is 0.245 e. The number of pyridine rings is 1. The number of carbonyl (C=O) groups excluding carboxylic acids is 1. The molecular weight excluding hydrogens is 498 g/mol. The molecule has 8 nitrogen and oxygen atoms in total. The van der Waals surface area contributed by atoms with Gasteiger partial charge in [0.1, 0.15) is 10.7 Å². The second-order valence-electron chi connectivity index (χ2n) is 11.0. The largest absolute Gasteiger partial charge is 0.309 e. The number of aryl methyl sites for hydroxylation is 1. The summed E-state index contributed by atoms with van der Waals surface area (Å²) in [5.74, 6) is 0.0433. The average Bonchev–Trinajstić information content (AvgIpc) is 3.27. The van der Waals surface area contributed by atoms with E-state index in [-0.39, 0.29) is 29.3 Å². The summed E-state index contributed by atoms with van der Waals surface area (Å²) in [6.07, 6.45) is 1.57. The number of hydrogen-bond donors (Lipinski definition) is 1. The van der Waals surface area contributed by atoms with Gasteiger partial charge in [-0.2, -0.15) is 9.40 Å². The van der Waals surface area contributed by atoms with Gasteiger partial charge in [0, 0.05) is 29.6 Å². The van der Waals surface area contributed by atoms with E-state index in [1.54, 1.807) is 23.0 Å². The number of anilines is 1. The van der Waals surface area contributed by atoms with Gasteiger partial charge < -0.3 is 5.32 Å². The van der Waals surface area contributed by atoms with Gasteiger partial charge in [0.2, 0.25) is 15.9 Å². The molecule has 4 aromatic rings. The molecule has 200 valence electrons. The van der Waals surface area contributed by atoms with Crippen molar-refractivity contribution in [3.8, 4) is 5.69 Å². The zero-order chi connectivity index (χ0) is 27.7. The van der Waals surface area contributed by atoms with Crippen molar-refractivity contribution in [3.05, 3.63) is 78.1 Å². The molecule has 0 aliphatic carbocycles. The molecule has 0 atom stereocenters. The van der Waals surface area contributed by atoms with Crippen LogP contribution >= 0.6 is 0 Å². The second-order valence-corrected chi connectivity index (χ2v) is 12.9. The average molecular weight is 534 g/mol. The molecule has 0 radical (unpaired) electrons. The normalized spacial score (nSPS) is 12.4. The molecule has 0 spiro atoms. The van der Waals surface area contributed by atoms with Crippen LogP contribution < -0.4 is 5.32 Å². The predicted octanol–water partition coefficient (Wildman–Crippen LogP) is 5.31. The number of benzene rings is 2. The Bertz CT molecular complexity index is 1560. The summed E-state index contributed by atoms with van der Waals surface area (Å²) in [6.45, 7) is 11.8. The topological polar surface area (TPSA) is 97.2 Å². The van der Waals surface area contributed by atoms with E-state index in [1.807, 2.05) is 63.2 Å². The van der Waals surface area contributed by atoms with Gasteiger partial charge in [-0.05, 0) is 42.7 Å². The Labute approximate surface area is 224 Å². The maximum absolute atomic E-state index is 13.8. The van der Waals surface area contributed by atoms with Crippen LogP contribution in [0, 0.1) is 12.8 Å². The van der Waals surface area contributed by atoms with Crippen molar-refractivity contribution in [1.82, 2.24) is 19.1 Å². The molecule has 9 heteroatoms. The van der Waals surface area contributed by atoms with Crippen LogP contribution in [-0.2, 0) is 20.2 Å². The van der Waals surface area contributed by atoms with Gasteiger partial charge in [0.25, 0.3) is 0 Å². The van der Waals surface area contributed by atoms with Gasteiger partial charge in [-0.25, -0.2) is 13.1 Å². The van der Waals surface area contributed by atoms with Crippen LogP contribution in [0.25, 0.3) is 16.6 Å². The number of amides is 1. The van der Waals surface area contributed by atoms with E-state index >= 15 is 0 Å². The summed E-state index contributed by atoms with van der Waals surface area (Å²) in [4.78, 5) is 17.8. The monoisotopic (exact) mass is 533 g/mol. The molecule has 2 heterocycles. The second kappa shape index (κ2) is 10.7. The van der Waals surface area contributed by atoms with E-state index in [2.05, 4.69) is 31.1 Å². The molecule has 2 aromatic carbocycles. The minimum Gasteiger partial charge on any atom is -0.309 e. The maximum atomic E-state index is 13.8. The molecule has 0 aliphatic rings.